The summed E-state index contributed by atoms with van der Waals surface area (Å²) in [5.74, 6) is -4.90. The molecule has 0 heterocycles. The fourth-order valence-electron chi connectivity index (χ4n) is 0.584. The average Bonchev–Trinajstić information content (AvgIpc) is 2.25. The molecule has 0 bridgehead atoms. The molecule has 0 spiro atoms. The van der Waals surface area contributed by atoms with Crippen molar-refractivity contribution in [1.82, 2.24) is 4.13 Å². The summed E-state index contributed by atoms with van der Waals surface area (Å²) in [6.45, 7) is 3.75. The summed E-state index contributed by atoms with van der Waals surface area (Å²) in [5, 5.41) is -5.80. The van der Waals surface area contributed by atoms with Gasteiger partial charge in [-0.05, 0) is 6.92 Å². The average molecular weight is 375 g/mol. The Balaban J connectivity index is 5.57. The van der Waals surface area contributed by atoms with Gasteiger partial charge in [0, 0.05) is 5.57 Å². The van der Waals surface area contributed by atoms with Gasteiger partial charge in [-0.25, -0.2) is 26.4 Å². The van der Waals surface area contributed by atoms with Gasteiger partial charge in [-0.15, -0.1) is 0 Å². The molecule has 0 aromatic rings. The lowest BCUT2D eigenvalue weighted by atomic mass is 10.4. The van der Waals surface area contributed by atoms with E-state index < -0.39 is 48.3 Å². The highest BCUT2D eigenvalue weighted by Crippen LogP contribution is 2.28. The predicted octanol–water partition coefficient (Wildman–Crippen LogP) is -0.00590. The van der Waals surface area contributed by atoms with Gasteiger partial charge in [0.1, 0.15) is 0 Å². The Morgan fingerprint density at radius 2 is 1.41 bits per heavy atom. The normalized spacial score (nSPS) is 13.5. The van der Waals surface area contributed by atoms with Crippen molar-refractivity contribution in [2.24, 2.45) is 0 Å². The summed E-state index contributed by atoms with van der Waals surface area (Å²) in [4.78, 5) is 21.6. The first-order chi connectivity index (χ1) is 9.46. The first-order valence-corrected chi connectivity index (χ1v) is 7.56. The molecule has 22 heavy (non-hydrogen) atoms. The van der Waals surface area contributed by atoms with Crippen LogP contribution < -0.4 is 4.13 Å². The van der Waals surface area contributed by atoms with Crippen molar-refractivity contribution in [3.63, 3.8) is 0 Å². The van der Waals surface area contributed by atoms with E-state index in [4.69, 9.17) is 0 Å². The molecule has 128 valence electrons. The number of hydrogen-bond donors (Lipinski definition) is 1. The Morgan fingerprint density at radius 3 is 1.73 bits per heavy atom. The molecule has 0 aliphatic rings. The van der Waals surface area contributed by atoms with Crippen LogP contribution in [0.25, 0.3) is 0 Å². The highest BCUT2D eigenvalue weighted by atomic mass is 32.3. The van der Waals surface area contributed by atoms with E-state index in [1.165, 1.54) is 0 Å². The van der Waals surface area contributed by atoms with E-state index in [0.29, 0.717) is 0 Å². The van der Waals surface area contributed by atoms with Gasteiger partial charge in [0.25, 0.3) is 0 Å². The van der Waals surface area contributed by atoms with Crippen LogP contribution in [0.3, 0.4) is 0 Å². The fourth-order valence-corrected chi connectivity index (χ4v) is 2.80. The van der Waals surface area contributed by atoms with Gasteiger partial charge in [-0.3, -0.25) is 0 Å². The number of sulfonamides is 2. The van der Waals surface area contributed by atoms with Gasteiger partial charge < -0.3 is 4.74 Å². The highest BCUT2D eigenvalue weighted by Gasteiger charge is 2.60. The number of ether oxygens (including phenoxy) is 1. The van der Waals surface area contributed by atoms with Gasteiger partial charge in [-0.1, -0.05) is 10.7 Å². The first kappa shape index (κ1) is 20.4. The Hall–Kier alpha value is -1.61. The minimum absolute atomic E-state index is 0.369. The second kappa shape index (κ2) is 5.88. The standard InChI is InChI=1S/C7H6F5NO7S2/c1-3(2)4(14)20-5(15)6(8,9)21(16,17)13-22(18,19)7(10,11)12/h13H,1H2,2H3. The molecule has 8 nitrogen and oxygen atoms in total. The topological polar surface area (TPSA) is 124 Å². The van der Waals surface area contributed by atoms with Crippen LogP contribution in [0.1, 0.15) is 6.92 Å². The van der Waals surface area contributed by atoms with Crippen LogP contribution in [-0.2, 0) is 34.4 Å². The van der Waals surface area contributed by atoms with Crippen molar-refractivity contribution in [3.05, 3.63) is 12.2 Å². The van der Waals surface area contributed by atoms with Crippen molar-refractivity contribution in [3.8, 4) is 0 Å². The number of halogens is 5. The zero-order chi connectivity index (χ0) is 18.1. The Bertz CT molecular complexity index is 706. The number of hydrogen-bond acceptors (Lipinski definition) is 7. The first-order valence-electron chi connectivity index (χ1n) is 4.60. The lowest BCUT2D eigenvalue weighted by Crippen LogP contribution is -2.51. The number of carbonyl (C=O) groups excluding carboxylic acids is 2. The van der Waals surface area contributed by atoms with Crippen LogP contribution in [0.4, 0.5) is 22.0 Å². The van der Waals surface area contributed by atoms with E-state index in [1.807, 2.05) is 0 Å². The van der Waals surface area contributed by atoms with Gasteiger partial charge in [-0.2, -0.15) is 22.0 Å². The van der Waals surface area contributed by atoms with Crippen molar-refractivity contribution >= 4 is 32.0 Å². The van der Waals surface area contributed by atoms with Crippen LogP contribution in [0.2, 0.25) is 0 Å². The number of nitrogens with one attached hydrogen (secondary N) is 1. The molecule has 0 unspecified atom stereocenters. The molecular weight excluding hydrogens is 369 g/mol. The molecule has 15 heteroatoms. The molecule has 0 aromatic carbocycles. The minimum atomic E-state index is -6.75. The van der Waals surface area contributed by atoms with Crippen molar-refractivity contribution in [2.45, 2.75) is 17.7 Å². The number of rotatable bonds is 5. The van der Waals surface area contributed by atoms with E-state index in [9.17, 15) is 48.4 Å². The van der Waals surface area contributed by atoms with Crippen molar-refractivity contribution in [2.75, 3.05) is 0 Å². The van der Waals surface area contributed by atoms with Gasteiger partial charge >= 0.3 is 42.7 Å². The molecule has 0 aliphatic heterocycles. The maximum atomic E-state index is 13.2. The molecule has 0 aromatic heterocycles. The number of esters is 2. The molecule has 1 N–H and O–H groups in total. The van der Waals surface area contributed by atoms with E-state index in [-0.39, 0.29) is 4.13 Å². The third-order valence-electron chi connectivity index (χ3n) is 1.63. The quantitative estimate of drug-likeness (QED) is 0.310. The molecule has 0 rings (SSSR count). The summed E-state index contributed by atoms with van der Waals surface area (Å²) < 4.78 is 108. The zero-order valence-electron chi connectivity index (χ0n) is 10.3. The van der Waals surface area contributed by atoms with Crippen LogP contribution in [0.5, 0.6) is 0 Å². The summed E-state index contributed by atoms with van der Waals surface area (Å²) in [6, 6.07) is 0. The largest absolute Gasteiger partial charge is 0.512 e. The smallest absolute Gasteiger partial charge is 0.384 e. The van der Waals surface area contributed by atoms with Crippen LogP contribution >= 0.6 is 0 Å². The van der Waals surface area contributed by atoms with Crippen LogP contribution in [0.15, 0.2) is 12.2 Å². The summed E-state index contributed by atoms with van der Waals surface area (Å²) >= 11 is 0. The van der Waals surface area contributed by atoms with E-state index in [1.54, 1.807) is 0 Å². The molecule has 0 radical (unpaired) electrons. The molecule has 0 fully saturated rings. The van der Waals surface area contributed by atoms with Crippen LogP contribution in [-0.4, -0.2) is 39.5 Å². The van der Waals surface area contributed by atoms with Crippen LogP contribution in [0, 0.1) is 0 Å². The summed E-state index contributed by atoms with van der Waals surface area (Å²) in [7, 11) is -13.5. The molecular formula is C7H6F5NO7S2. The Morgan fingerprint density at radius 1 is 1.00 bits per heavy atom. The maximum absolute atomic E-state index is 13.2. The lowest BCUT2D eigenvalue weighted by molar-refractivity contribution is -0.168. The van der Waals surface area contributed by atoms with Crippen molar-refractivity contribution < 1.29 is 53.1 Å². The number of carbonyl (C=O) groups is 2. The molecule has 0 amide bonds. The molecule has 0 saturated heterocycles. The van der Waals surface area contributed by atoms with Gasteiger partial charge in [0.15, 0.2) is 0 Å². The predicted molar refractivity (Wildman–Crippen MR) is 57.9 cm³/mol. The SMILES string of the molecule is C=C(C)C(=O)OC(=O)C(F)(F)S(=O)(=O)NS(=O)(=O)C(F)(F)F. The molecule has 0 atom stereocenters. The van der Waals surface area contributed by atoms with Gasteiger partial charge in [0.05, 0.1) is 0 Å². The molecule has 0 saturated carbocycles. The maximum Gasteiger partial charge on any atom is 0.512 e. The van der Waals surface area contributed by atoms with E-state index in [2.05, 4.69) is 11.3 Å². The van der Waals surface area contributed by atoms with Crippen molar-refractivity contribution in [1.29, 1.82) is 0 Å². The van der Waals surface area contributed by atoms with E-state index >= 15 is 0 Å². The highest BCUT2D eigenvalue weighted by molar-refractivity contribution is 8.05. The molecule has 0 aliphatic carbocycles. The third-order valence-corrected chi connectivity index (χ3v) is 4.84. The monoisotopic (exact) mass is 375 g/mol. The fraction of sp³-hybridized carbons (Fsp3) is 0.429. The minimum Gasteiger partial charge on any atom is -0.384 e. The zero-order valence-corrected chi connectivity index (χ0v) is 11.9. The Kier molecular flexibility index (Phi) is 5.45. The van der Waals surface area contributed by atoms with E-state index in [0.717, 1.165) is 6.92 Å². The second-order valence-corrected chi connectivity index (χ2v) is 7.17. The summed E-state index contributed by atoms with van der Waals surface area (Å²) in [5.41, 5.74) is -6.86. The third kappa shape index (κ3) is 4.20. The second-order valence-electron chi connectivity index (χ2n) is 3.51. The lowest BCUT2D eigenvalue weighted by Gasteiger charge is -2.16. The number of alkyl halides is 5. The summed E-state index contributed by atoms with van der Waals surface area (Å²) in [6.07, 6.45) is 0. The van der Waals surface area contributed by atoms with Gasteiger partial charge in [0.2, 0.25) is 0 Å². The Labute approximate surface area is 120 Å².